The molecular formula is C18H22N2O7S. The molecule has 0 unspecified atom stereocenters. The summed E-state index contributed by atoms with van der Waals surface area (Å²) >= 11 is 0. The molecule has 28 heavy (non-hydrogen) atoms. The van der Waals surface area contributed by atoms with Crippen LogP contribution in [-0.2, 0) is 30.9 Å². The van der Waals surface area contributed by atoms with Gasteiger partial charge in [0.25, 0.3) is 5.91 Å². The summed E-state index contributed by atoms with van der Waals surface area (Å²) in [6.45, 7) is 1.89. The molecule has 0 aliphatic rings. The minimum atomic E-state index is -3.76. The van der Waals surface area contributed by atoms with Crippen molar-refractivity contribution in [2.75, 3.05) is 19.8 Å². The molecule has 1 aromatic carbocycles. The van der Waals surface area contributed by atoms with Crippen LogP contribution in [0.1, 0.15) is 19.1 Å². The van der Waals surface area contributed by atoms with E-state index in [0.717, 1.165) is 0 Å². The van der Waals surface area contributed by atoms with Crippen molar-refractivity contribution in [1.82, 2.24) is 10.0 Å². The first-order valence-electron chi connectivity index (χ1n) is 8.58. The van der Waals surface area contributed by atoms with E-state index in [9.17, 15) is 18.0 Å². The van der Waals surface area contributed by atoms with E-state index >= 15 is 0 Å². The SMILES string of the molecule is CCOc1ccc(S(=O)(=O)NCCC(=O)OCC(=O)NCc2ccco2)cc1. The summed E-state index contributed by atoms with van der Waals surface area (Å²) in [5, 5.41) is 2.52. The zero-order valence-electron chi connectivity index (χ0n) is 15.3. The van der Waals surface area contributed by atoms with E-state index in [1.54, 1.807) is 24.3 Å². The maximum atomic E-state index is 12.2. The number of hydrogen-bond donors (Lipinski definition) is 2. The van der Waals surface area contributed by atoms with Crippen molar-refractivity contribution >= 4 is 21.9 Å². The van der Waals surface area contributed by atoms with Crippen molar-refractivity contribution in [1.29, 1.82) is 0 Å². The highest BCUT2D eigenvalue weighted by Crippen LogP contribution is 2.15. The third-order valence-corrected chi connectivity index (χ3v) is 4.95. The van der Waals surface area contributed by atoms with Gasteiger partial charge in [-0.25, -0.2) is 13.1 Å². The lowest BCUT2D eigenvalue weighted by atomic mass is 10.3. The Morgan fingerprint density at radius 1 is 1.14 bits per heavy atom. The monoisotopic (exact) mass is 410 g/mol. The molecule has 0 atom stereocenters. The highest BCUT2D eigenvalue weighted by molar-refractivity contribution is 7.89. The molecule has 0 saturated heterocycles. The quantitative estimate of drug-likeness (QED) is 0.534. The number of ether oxygens (including phenoxy) is 2. The molecule has 0 aliphatic heterocycles. The van der Waals surface area contributed by atoms with E-state index in [-0.39, 0.29) is 24.4 Å². The second-order valence-electron chi connectivity index (χ2n) is 5.57. The molecular weight excluding hydrogens is 388 g/mol. The van der Waals surface area contributed by atoms with Crippen LogP contribution in [0.3, 0.4) is 0 Å². The van der Waals surface area contributed by atoms with Crippen LogP contribution in [0.4, 0.5) is 0 Å². The van der Waals surface area contributed by atoms with Gasteiger partial charge < -0.3 is 19.2 Å². The predicted octanol–water partition coefficient (Wildman–Crippen LogP) is 1.21. The van der Waals surface area contributed by atoms with E-state index in [2.05, 4.69) is 10.0 Å². The second kappa shape index (κ2) is 10.5. The summed E-state index contributed by atoms with van der Waals surface area (Å²) in [6.07, 6.45) is 1.28. The van der Waals surface area contributed by atoms with Crippen molar-refractivity contribution < 1.29 is 31.9 Å². The largest absolute Gasteiger partial charge is 0.494 e. The topological polar surface area (TPSA) is 124 Å². The Morgan fingerprint density at radius 3 is 2.54 bits per heavy atom. The van der Waals surface area contributed by atoms with Gasteiger partial charge in [0.15, 0.2) is 6.61 Å². The van der Waals surface area contributed by atoms with Gasteiger partial charge >= 0.3 is 5.97 Å². The number of carbonyl (C=O) groups is 2. The van der Waals surface area contributed by atoms with Crippen molar-refractivity contribution in [2.45, 2.75) is 24.8 Å². The Morgan fingerprint density at radius 2 is 1.89 bits per heavy atom. The summed E-state index contributed by atoms with van der Waals surface area (Å²) in [5.41, 5.74) is 0. The minimum Gasteiger partial charge on any atom is -0.494 e. The van der Waals surface area contributed by atoms with Crippen LogP contribution in [-0.4, -0.2) is 40.1 Å². The highest BCUT2D eigenvalue weighted by Gasteiger charge is 2.15. The summed E-state index contributed by atoms with van der Waals surface area (Å²) in [7, 11) is -3.76. The summed E-state index contributed by atoms with van der Waals surface area (Å²) in [4.78, 5) is 23.3. The molecule has 0 saturated carbocycles. The lowest BCUT2D eigenvalue weighted by molar-refractivity contribution is -0.148. The molecule has 9 nitrogen and oxygen atoms in total. The fourth-order valence-electron chi connectivity index (χ4n) is 2.12. The smallest absolute Gasteiger partial charge is 0.307 e. The predicted molar refractivity (Wildman–Crippen MR) is 98.9 cm³/mol. The van der Waals surface area contributed by atoms with E-state index in [4.69, 9.17) is 13.9 Å². The Hall–Kier alpha value is -2.85. The number of esters is 1. The van der Waals surface area contributed by atoms with Crippen molar-refractivity contribution in [2.24, 2.45) is 0 Å². The Labute approximate surface area is 163 Å². The van der Waals surface area contributed by atoms with E-state index in [0.29, 0.717) is 18.1 Å². The Bertz CT molecular complexity index is 862. The summed E-state index contributed by atoms with van der Waals surface area (Å²) in [5.74, 6) is -0.0408. The molecule has 1 amide bonds. The molecule has 2 N–H and O–H groups in total. The fraction of sp³-hybridized carbons (Fsp3) is 0.333. The Kier molecular flexibility index (Phi) is 8.02. The van der Waals surface area contributed by atoms with Crippen molar-refractivity contribution in [3.8, 4) is 5.75 Å². The maximum absolute atomic E-state index is 12.2. The van der Waals surface area contributed by atoms with E-state index < -0.39 is 28.5 Å². The van der Waals surface area contributed by atoms with Gasteiger partial charge in [0.05, 0.1) is 30.7 Å². The Balaban J connectivity index is 1.68. The lowest BCUT2D eigenvalue weighted by Gasteiger charge is -2.08. The van der Waals surface area contributed by atoms with Gasteiger partial charge in [-0.2, -0.15) is 0 Å². The van der Waals surface area contributed by atoms with Crippen molar-refractivity contribution in [3.05, 3.63) is 48.4 Å². The van der Waals surface area contributed by atoms with Crippen molar-refractivity contribution in [3.63, 3.8) is 0 Å². The first kappa shape index (κ1) is 21.5. The molecule has 10 heteroatoms. The van der Waals surface area contributed by atoms with Gasteiger partial charge in [-0.05, 0) is 43.3 Å². The molecule has 2 rings (SSSR count). The molecule has 0 aliphatic carbocycles. The molecule has 152 valence electrons. The summed E-state index contributed by atoms with van der Waals surface area (Å²) < 4.78 is 41.8. The number of hydrogen-bond acceptors (Lipinski definition) is 7. The van der Waals surface area contributed by atoms with Crippen LogP contribution in [0.15, 0.2) is 52.0 Å². The van der Waals surface area contributed by atoms with E-state index in [1.165, 1.54) is 18.4 Å². The average Bonchev–Trinajstić information content (AvgIpc) is 3.19. The van der Waals surface area contributed by atoms with Gasteiger partial charge in [0, 0.05) is 6.54 Å². The zero-order valence-corrected chi connectivity index (χ0v) is 16.2. The van der Waals surface area contributed by atoms with Crippen LogP contribution in [0, 0.1) is 0 Å². The maximum Gasteiger partial charge on any atom is 0.307 e. The van der Waals surface area contributed by atoms with Gasteiger partial charge in [-0.3, -0.25) is 9.59 Å². The van der Waals surface area contributed by atoms with Crippen LogP contribution < -0.4 is 14.8 Å². The minimum absolute atomic E-state index is 0.0571. The van der Waals surface area contributed by atoms with Gasteiger partial charge in [-0.15, -0.1) is 0 Å². The number of furan rings is 1. The number of sulfonamides is 1. The highest BCUT2D eigenvalue weighted by atomic mass is 32.2. The normalized spacial score (nSPS) is 11.0. The third-order valence-electron chi connectivity index (χ3n) is 3.47. The van der Waals surface area contributed by atoms with E-state index in [1.807, 2.05) is 6.92 Å². The number of amides is 1. The van der Waals surface area contributed by atoms with Crippen LogP contribution in [0.5, 0.6) is 5.75 Å². The molecule has 0 radical (unpaired) electrons. The standard InChI is InChI=1S/C18H22N2O7S/c1-2-25-14-5-7-16(8-6-14)28(23,24)20-10-9-18(22)27-13-17(21)19-12-15-4-3-11-26-15/h3-8,11,20H,2,9-10,12-13H2,1H3,(H,19,21). The van der Waals surface area contributed by atoms with Crippen LogP contribution >= 0.6 is 0 Å². The number of carbonyl (C=O) groups excluding carboxylic acids is 2. The lowest BCUT2D eigenvalue weighted by Crippen LogP contribution is -2.30. The number of rotatable bonds is 11. The summed E-state index contributed by atoms with van der Waals surface area (Å²) in [6, 6.07) is 9.31. The van der Waals surface area contributed by atoms with Crippen LogP contribution in [0.25, 0.3) is 0 Å². The molecule has 0 bridgehead atoms. The third kappa shape index (κ3) is 7.05. The first-order valence-corrected chi connectivity index (χ1v) is 10.1. The van der Waals surface area contributed by atoms with Crippen LogP contribution in [0.2, 0.25) is 0 Å². The second-order valence-corrected chi connectivity index (χ2v) is 7.34. The molecule has 1 aromatic heterocycles. The zero-order chi connectivity index (χ0) is 20.4. The molecule has 2 aromatic rings. The molecule has 0 fully saturated rings. The van der Waals surface area contributed by atoms with Gasteiger partial charge in [0.2, 0.25) is 10.0 Å². The average molecular weight is 410 g/mol. The molecule has 0 spiro atoms. The number of benzene rings is 1. The fourth-order valence-corrected chi connectivity index (χ4v) is 3.15. The number of nitrogens with one attached hydrogen (secondary N) is 2. The first-order chi connectivity index (χ1) is 13.4. The van der Waals surface area contributed by atoms with Gasteiger partial charge in [-0.1, -0.05) is 0 Å². The molecule has 1 heterocycles. The van der Waals surface area contributed by atoms with Gasteiger partial charge in [0.1, 0.15) is 11.5 Å².